The molecule has 1 saturated heterocycles. The SMILES string of the molecule is CCCCN1CCN(C2=Nc3cc(C(F)(F)F)ccc3Oc3ccccc32)CC1.Cl. The lowest BCUT2D eigenvalue weighted by Gasteiger charge is -2.36. The zero-order valence-electron chi connectivity index (χ0n) is 16.8. The second kappa shape index (κ2) is 9.27. The number of nitrogens with zero attached hydrogens (tertiary/aromatic N) is 3. The van der Waals surface area contributed by atoms with Crippen LogP contribution in [0.5, 0.6) is 11.5 Å². The lowest BCUT2D eigenvalue weighted by Crippen LogP contribution is -2.49. The second-order valence-electron chi connectivity index (χ2n) is 7.40. The van der Waals surface area contributed by atoms with Gasteiger partial charge in [-0.15, -0.1) is 12.4 Å². The summed E-state index contributed by atoms with van der Waals surface area (Å²) in [5.74, 6) is 1.62. The quantitative estimate of drug-likeness (QED) is 0.611. The van der Waals surface area contributed by atoms with Crippen LogP contribution >= 0.6 is 12.4 Å². The Morgan fingerprint density at radius 1 is 1.00 bits per heavy atom. The Morgan fingerprint density at radius 3 is 2.43 bits per heavy atom. The highest BCUT2D eigenvalue weighted by molar-refractivity contribution is 6.03. The molecule has 8 heteroatoms. The van der Waals surface area contributed by atoms with Crippen LogP contribution in [-0.2, 0) is 6.18 Å². The third-order valence-corrected chi connectivity index (χ3v) is 5.36. The number of rotatable bonds is 3. The molecule has 0 N–H and O–H groups in total. The van der Waals surface area contributed by atoms with Crippen molar-refractivity contribution in [2.45, 2.75) is 25.9 Å². The van der Waals surface area contributed by atoms with Crippen molar-refractivity contribution in [3.8, 4) is 11.5 Å². The molecule has 2 aliphatic rings. The van der Waals surface area contributed by atoms with Gasteiger partial charge in [-0.3, -0.25) is 4.90 Å². The summed E-state index contributed by atoms with van der Waals surface area (Å²) in [6, 6.07) is 10.9. The Labute approximate surface area is 180 Å². The predicted octanol–water partition coefficient (Wildman–Crippen LogP) is 5.73. The molecule has 0 bridgehead atoms. The van der Waals surface area contributed by atoms with E-state index < -0.39 is 11.7 Å². The van der Waals surface area contributed by atoms with Crippen LogP contribution in [0.25, 0.3) is 0 Å². The third kappa shape index (κ3) is 4.73. The maximum absolute atomic E-state index is 13.2. The van der Waals surface area contributed by atoms with Gasteiger partial charge in [0.25, 0.3) is 0 Å². The number of piperazine rings is 1. The highest BCUT2D eigenvalue weighted by atomic mass is 35.5. The summed E-state index contributed by atoms with van der Waals surface area (Å²) in [4.78, 5) is 9.24. The third-order valence-electron chi connectivity index (χ3n) is 5.36. The lowest BCUT2D eigenvalue weighted by molar-refractivity contribution is -0.137. The number of hydrogen-bond acceptors (Lipinski definition) is 4. The molecule has 0 spiro atoms. The van der Waals surface area contributed by atoms with Gasteiger partial charge in [0.1, 0.15) is 17.3 Å². The minimum Gasteiger partial charge on any atom is -0.454 e. The number of benzene rings is 2. The number of alkyl halides is 3. The Bertz CT molecular complexity index is 909. The summed E-state index contributed by atoms with van der Waals surface area (Å²) in [6.45, 7) is 6.65. The molecule has 4 rings (SSSR count). The van der Waals surface area contributed by atoms with Crippen LogP contribution in [0.15, 0.2) is 47.5 Å². The number of halogens is 4. The van der Waals surface area contributed by atoms with E-state index in [1.807, 2.05) is 24.3 Å². The van der Waals surface area contributed by atoms with E-state index in [1.54, 1.807) is 0 Å². The van der Waals surface area contributed by atoms with Crippen molar-refractivity contribution in [2.75, 3.05) is 32.7 Å². The van der Waals surface area contributed by atoms with Crippen molar-refractivity contribution < 1.29 is 17.9 Å². The monoisotopic (exact) mass is 439 g/mol. The van der Waals surface area contributed by atoms with E-state index in [1.165, 1.54) is 12.5 Å². The molecule has 0 aliphatic carbocycles. The van der Waals surface area contributed by atoms with Crippen LogP contribution in [-0.4, -0.2) is 48.4 Å². The van der Waals surface area contributed by atoms with Gasteiger partial charge in [-0.05, 0) is 43.3 Å². The van der Waals surface area contributed by atoms with Gasteiger partial charge in [-0.2, -0.15) is 13.2 Å². The number of hydrogen-bond donors (Lipinski definition) is 0. The molecule has 2 aromatic rings. The van der Waals surface area contributed by atoms with Crippen molar-refractivity contribution in [2.24, 2.45) is 4.99 Å². The molecule has 2 aromatic carbocycles. The summed E-state index contributed by atoms with van der Waals surface area (Å²) in [7, 11) is 0. The summed E-state index contributed by atoms with van der Waals surface area (Å²) in [6.07, 6.45) is -2.09. The minimum atomic E-state index is -4.42. The maximum atomic E-state index is 13.2. The molecule has 0 amide bonds. The number of unbranched alkanes of at least 4 members (excludes halogenated alkanes) is 1. The number of para-hydroxylation sites is 1. The lowest BCUT2D eigenvalue weighted by atomic mass is 10.1. The first-order chi connectivity index (χ1) is 14.0. The maximum Gasteiger partial charge on any atom is 0.416 e. The average molecular weight is 440 g/mol. The molecular weight excluding hydrogens is 415 g/mol. The molecule has 2 aliphatic heterocycles. The Balaban J connectivity index is 0.00000256. The van der Waals surface area contributed by atoms with Crippen LogP contribution in [0.3, 0.4) is 0 Å². The van der Waals surface area contributed by atoms with Gasteiger partial charge < -0.3 is 9.64 Å². The first-order valence-electron chi connectivity index (χ1n) is 10.00. The molecule has 2 heterocycles. The van der Waals surface area contributed by atoms with Gasteiger partial charge in [-0.1, -0.05) is 25.5 Å². The smallest absolute Gasteiger partial charge is 0.416 e. The molecule has 0 unspecified atom stereocenters. The Hall–Kier alpha value is -2.25. The first kappa shape index (κ1) is 22.4. The van der Waals surface area contributed by atoms with Crippen LogP contribution in [0.2, 0.25) is 0 Å². The summed E-state index contributed by atoms with van der Waals surface area (Å²) >= 11 is 0. The van der Waals surface area contributed by atoms with Crippen molar-refractivity contribution in [1.82, 2.24) is 9.80 Å². The second-order valence-corrected chi connectivity index (χ2v) is 7.40. The van der Waals surface area contributed by atoms with Crippen LogP contribution in [0, 0.1) is 0 Å². The molecule has 4 nitrogen and oxygen atoms in total. The molecule has 0 atom stereocenters. The van der Waals surface area contributed by atoms with E-state index in [4.69, 9.17) is 4.74 Å². The van der Waals surface area contributed by atoms with Gasteiger partial charge in [0.05, 0.1) is 11.1 Å². The van der Waals surface area contributed by atoms with E-state index >= 15 is 0 Å². The van der Waals surface area contributed by atoms with Crippen LogP contribution < -0.4 is 4.74 Å². The number of amidine groups is 1. The number of aliphatic imine (C=N–C) groups is 1. The Kier molecular flexibility index (Phi) is 6.93. The molecule has 0 saturated carbocycles. The van der Waals surface area contributed by atoms with Gasteiger partial charge in [0.2, 0.25) is 0 Å². The molecular formula is C22H25ClF3N3O. The summed E-state index contributed by atoms with van der Waals surface area (Å²) in [5.41, 5.74) is 0.289. The van der Waals surface area contributed by atoms with E-state index in [0.717, 1.165) is 56.8 Å². The highest BCUT2D eigenvalue weighted by Gasteiger charge is 2.32. The molecule has 0 radical (unpaired) electrons. The van der Waals surface area contributed by atoms with Crippen molar-refractivity contribution in [3.63, 3.8) is 0 Å². The fraction of sp³-hybridized carbons (Fsp3) is 0.409. The van der Waals surface area contributed by atoms with E-state index in [-0.39, 0.29) is 18.1 Å². The molecule has 0 aromatic heterocycles. The van der Waals surface area contributed by atoms with Gasteiger partial charge in [-0.25, -0.2) is 4.99 Å². The zero-order chi connectivity index (χ0) is 20.4. The van der Waals surface area contributed by atoms with Crippen molar-refractivity contribution in [3.05, 3.63) is 53.6 Å². The largest absolute Gasteiger partial charge is 0.454 e. The number of ether oxygens (including phenoxy) is 1. The van der Waals surface area contributed by atoms with E-state index in [0.29, 0.717) is 17.3 Å². The van der Waals surface area contributed by atoms with Gasteiger partial charge >= 0.3 is 6.18 Å². The van der Waals surface area contributed by atoms with E-state index in [2.05, 4.69) is 21.7 Å². The van der Waals surface area contributed by atoms with Crippen LogP contribution in [0.4, 0.5) is 18.9 Å². The number of fused-ring (bicyclic) bond motifs is 2. The molecule has 30 heavy (non-hydrogen) atoms. The fourth-order valence-electron chi connectivity index (χ4n) is 3.71. The van der Waals surface area contributed by atoms with Gasteiger partial charge in [0.15, 0.2) is 5.75 Å². The van der Waals surface area contributed by atoms with E-state index in [9.17, 15) is 13.2 Å². The summed E-state index contributed by atoms with van der Waals surface area (Å²) in [5, 5.41) is 0. The summed E-state index contributed by atoms with van der Waals surface area (Å²) < 4.78 is 45.6. The van der Waals surface area contributed by atoms with Crippen molar-refractivity contribution >= 4 is 23.9 Å². The fourth-order valence-corrected chi connectivity index (χ4v) is 3.71. The minimum absolute atomic E-state index is 0. The molecule has 162 valence electrons. The van der Waals surface area contributed by atoms with Gasteiger partial charge in [0, 0.05) is 26.2 Å². The van der Waals surface area contributed by atoms with Crippen molar-refractivity contribution in [1.29, 1.82) is 0 Å². The normalized spacial score (nSPS) is 16.5. The Morgan fingerprint density at radius 2 is 1.73 bits per heavy atom. The zero-order valence-corrected chi connectivity index (χ0v) is 17.6. The predicted molar refractivity (Wildman–Crippen MR) is 114 cm³/mol. The molecule has 1 fully saturated rings. The van der Waals surface area contributed by atoms with Crippen LogP contribution in [0.1, 0.15) is 30.9 Å². The first-order valence-corrected chi connectivity index (χ1v) is 10.00. The average Bonchev–Trinajstić information content (AvgIpc) is 2.88. The standard InChI is InChI=1S/C22H24F3N3O.ClH/c1-2-3-10-27-11-13-28(14-12-27)21-17-6-4-5-7-19(17)29-20-9-8-16(22(23,24)25)15-18(20)26-21;/h4-9,15H,2-3,10-14H2,1H3;1H. The topological polar surface area (TPSA) is 28.1 Å². The highest BCUT2D eigenvalue weighted by Crippen LogP contribution is 2.41.